The summed E-state index contributed by atoms with van der Waals surface area (Å²) in [5.41, 5.74) is 0. The summed E-state index contributed by atoms with van der Waals surface area (Å²) in [5.74, 6) is 0. The van der Waals surface area contributed by atoms with E-state index in [0.29, 0.717) is 26.1 Å². The first-order valence-corrected chi connectivity index (χ1v) is 4.04. The maximum absolute atomic E-state index is 9.19. The molecule has 4 nitrogen and oxygen atoms in total. The number of ether oxygens (including phenoxy) is 2. The minimum Gasteiger partial charge on any atom is -0.391 e. The van der Waals surface area contributed by atoms with E-state index in [1.165, 1.54) is 14.2 Å². The zero-order valence-electron chi connectivity index (χ0n) is 7.69. The van der Waals surface area contributed by atoms with Crippen LogP contribution in [0.4, 0.5) is 0 Å². The zero-order valence-corrected chi connectivity index (χ0v) is 7.69. The van der Waals surface area contributed by atoms with Gasteiger partial charge in [0.2, 0.25) is 0 Å². The Morgan fingerprint density at radius 1 is 0.917 bits per heavy atom. The molecule has 0 bridgehead atoms. The Labute approximate surface area is 73.1 Å². The fourth-order valence-electron chi connectivity index (χ4n) is 0.936. The van der Waals surface area contributed by atoms with E-state index in [4.69, 9.17) is 9.47 Å². The number of rotatable bonds is 7. The van der Waals surface area contributed by atoms with Gasteiger partial charge in [0, 0.05) is 14.2 Å². The predicted molar refractivity (Wildman–Crippen MR) is 45.0 cm³/mol. The van der Waals surface area contributed by atoms with Crippen LogP contribution in [0.5, 0.6) is 0 Å². The highest BCUT2D eigenvalue weighted by molar-refractivity contribution is 4.59. The van der Waals surface area contributed by atoms with Crippen LogP contribution in [0.2, 0.25) is 0 Å². The summed E-state index contributed by atoms with van der Waals surface area (Å²) in [6, 6.07) is 0. The quantitative estimate of drug-likeness (QED) is 0.566. The third kappa shape index (κ3) is 6.54. The van der Waals surface area contributed by atoms with Crippen molar-refractivity contribution in [3.05, 3.63) is 0 Å². The van der Waals surface area contributed by atoms with Crippen molar-refractivity contribution < 1.29 is 19.7 Å². The molecular formula is C8H18O4. The molecule has 0 radical (unpaired) electrons. The molecule has 0 heterocycles. The molecule has 74 valence electrons. The molecular weight excluding hydrogens is 160 g/mol. The van der Waals surface area contributed by atoms with Crippen molar-refractivity contribution in [3.8, 4) is 0 Å². The third-order valence-electron chi connectivity index (χ3n) is 1.55. The van der Waals surface area contributed by atoms with Crippen molar-refractivity contribution in [2.75, 3.05) is 27.4 Å². The molecule has 0 aliphatic carbocycles. The summed E-state index contributed by atoms with van der Waals surface area (Å²) < 4.78 is 9.47. The van der Waals surface area contributed by atoms with Crippen LogP contribution in [0.15, 0.2) is 0 Å². The van der Waals surface area contributed by atoms with Crippen molar-refractivity contribution in [3.63, 3.8) is 0 Å². The molecule has 0 aromatic heterocycles. The van der Waals surface area contributed by atoms with Crippen molar-refractivity contribution in [1.29, 1.82) is 0 Å². The van der Waals surface area contributed by atoms with Crippen LogP contribution in [0, 0.1) is 0 Å². The SMILES string of the molecule is COC[C@H](O)CC[C@H](O)COC. The molecule has 0 unspecified atom stereocenters. The number of aliphatic hydroxyl groups excluding tert-OH is 2. The van der Waals surface area contributed by atoms with Gasteiger partial charge in [-0.15, -0.1) is 0 Å². The van der Waals surface area contributed by atoms with Crippen LogP contribution in [-0.2, 0) is 9.47 Å². The van der Waals surface area contributed by atoms with Gasteiger partial charge in [-0.05, 0) is 12.8 Å². The standard InChI is InChI=1S/C8H18O4/c1-11-5-7(9)3-4-8(10)6-12-2/h7-10H,3-6H2,1-2H3/t7-,8+. The van der Waals surface area contributed by atoms with Crippen LogP contribution in [-0.4, -0.2) is 49.9 Å². The van der Waals surface area contributed by atoms with E-state index in [1.54, 1.807) is 0 Å². The van der Waals surface area contributed by atoms with E-state index in [0.717, 1.165) is 0 Å². The Balaban J connectivity index is 3.27. The predicted octanol–water partition coefficient (Wildman–Crippen LogP) is -0.219. The van der Waals surface area contributed by atoms with Crippen LogP contribution in [0.25, 0.3) is 0 Å². The fourth-order valence-corrected chi connectivity index (χ4v) is 0.936. The molecule has 0 aliphatic heterocycles. The summed E-state index contributed by atoms with van der Waals surface area (Å²) in [6.45, 7) is 0.638. The first kappa shape index (κ1) is 11.8. The molecule has 2 atom stereocenters. The molecule has 0 amide bonds. The van der Waals surface area contributed by atoms with Crippen molar-refractivity contribution in [1.82, 2.24) is 0 Å². The maximum Gasteiger partial charge on any atom is 0.0774 e. The van der Waals surface area contributed by atoms with Crippen molar-refractivity contribution in [2.24, 2.45) is 0 Å². The van der Waals surface area contributed by atoms with Gasteiger partial charge >= 0.3 is 0 Å². The highest BCUT2D eigenvalue weighted by atomic mass is 16.5. The van der Waals surface area contributed by atoms with Gasteiger partial charge in [-0.1, -0.05) is 0 Å². The van der Waals surface area contributed by atoms with Gasteiger partial charge in [0.15, 0.2) is 0 Å². The van der Waals surface area contributed by atoms with Gasteiger partial charge in [0.25, 0.3) is 0 Å². The zero-order chi connectivity index (χ0) is 9.40. The van der Waals surface area contributed by atoms with E-state index >= 15 is 0 Å². The van der Waals surface area contributed by atoms with Gasteiger partial charge in [0.1, 0.15) is 0 Å². The second-order valence-corrected chi connectivity index (χ2v) is 2.80. The minimum atomic E-state index is -0.485. The molecule has 0 saturated heterocycles. The van der Waals surface area contributed by atoms with E-state index in [1.807, 2.05) is 0 Å². The second kappa shape index (κ2) is 7.49. The molecule has 0 fully saturated rings. The molecule has 0 aromatic carbocycles. The number of hydrogen-bond acceptors (Lipinski definition) is 4. The summed E-state index contributed by atoms with van der Waals surface area (Å²) in [7, 11) is 3.07. The molecule has 2 N–H and O–H groups in total. The van der Waals surface area contributed by atoms with Crippen LogP contribution >= 0.6 is 0 Å². The first-order valence-electron chi connectivity index (χ1n) is 4.04. The van der Waals surface area contributed by atoms with Gasteiger partial charge in [-0.25, -0.2) is 0 Å². The summed E-state index contributed by atoms with van der Waals surface area (Å²) >= 11 is 0. The normalized spacial score (nSPS) is 16.0. The Kier molecular flexibility index (Phi) is 7.39. The molecule has 0 spiro atoms. The average Bonchev–Trinajstić information content (AvgIpc) is 2.02. The topological polar surface area (TPSA) is 58.9 Å². The maximum atomic E-state index is 9.19. The highest BCUT2D eigenvalue weighted by Crippen LogP contribution is 2.02. The summed E-state index contributed by atoms with van der Waals surface area (Å²) in [6.07, 6.45) is 0.111. The highest BCUT2D eigenvalue weighted by Gasteiger charge is 2.08. The Bertz CT molecular complexity index is 85.1. The van der Waals surface area contributed by atoms with Crippen LogP contribution in [0.3, 0.4) is 0 Å². The lowest BCUT2D eigenvalue weighted by molar-refractivity contribution is 0.0257. The van der Waals surface area contributed by atoms with Crippen molar-refractivity contribution >= 4 is 0 Å². The Morgan fingerprint density at radius 3 is 1.50 bits per heavy atom. The lowest BCUT2D eigenvalue weighted by Gasteiger charge is -2.12. The third-order valence-corrected chi connectivity index (χ3v) is 1.55. The van der Waals surface area contributed by atoms with Gasteiger partial charge < -0.3 is 19.7 Å². The lowest BCUT2D eigenvalue weighted by Crippen LogP contribution is -2.20. The Hall–Kier alpha value is -0.160. The van der Waals surface area contributed by atoms with E-state index in [-0.39, 0.29) is 0 Å². The molecule has 0 rings (SSSR count). The summed E-state index contributed by atoms with van der Waals surface area (Å²) in [5, 5.41) is 18.4. The van der Waals surface area contributed by atoms with E-state index in [2.05, 4.69) is 0 Å². The molecule has 4 heteroatoms. The number of methoxy groups -OCH3 is 2. The molecule has 0 saturated carbocycles. The average molecular weight is 178 g/mol. The van der Waals surface area contributed by atoms with Crippen molar-refractivity contribution in [2.45, 2.75) is 25.0 Å². The van der Waals surface area contributed by atoms with Gasteiger partial charge in [0.05, 0.1) is 25.4 Å². The van der Waals surface area contributed by atoms with Crippen LogP contribution in [0.1, 0.15) is 12.8 Å². The van der Waals surface area contributed by atoms with E-state index in [9.17, 15) is 10.2 Å². The monoisotopic (exact) mass is 178 g/mol. The molecule has 12 heavy (non-hydrogen) atoms. The first-order chi connectivity index (χ1) is 5.70. The Morgan fingerprint density at radius 2 is 1.25 bits per heavy atom. The molecule has 0 aliphatic rings. The number of hydrogen-bond donors (Lipinski definition) is 2. The fraction of sp³-hybridized carbons (Fsp3) is 1.00. The lowest BCUT2D eigenvalue weighted by atomic mass is 10.1. The van der Waals surface area contributed by atoms with Gasteiger partial charge in [-0.2, -0.15) is 0 Å². The smallest absolute Gasteiger partial charge is 0.0774 e. The largest absolute Gasteiger partial charge is 0.391 e. The summed E-state index contributed by atoms with van der Waals surface area (Å²) in [4.78, 5) is 0. The number of aliphatic hydroxyl groups is 2. The van der Waals surface area contributed by atoms with E-state index < -0.39 is 12.2 Å². The second-order valence-electron chi connectivity index (χ2n) is 2.80. The molecule has 0 aromatic rings. The van der Waals surface area contributed by atoms with Crippen LogP contribution < -0.4 is 0 Å². The minimum absolute atomic E-state index is 0.319. The van der Waals surface area contributed by atoms with Gasteiger partial charge in [-0.3, -0.25) is 0 Å².